The molecule has 4 atom stereocenters. The average Bonchev–Trinajstić information content (AvgIpc) is 2.57. The van der Waals surface area contributed by atoms with Crippen LogP contribution in [0, 0.1) is 11.3 Å². The van der Waals surface area contributed by atoms with Crippen LogP contribution in [0.4, 0.5) is 0 Å². The Morgan fingerprint density at radius 3 is 2.71 bits per heavy atom. The Kier molecular flexibility index (Phi) is 2.18. The predicted molar refractivity (Wildman–Crippen MR) is 67.7 cm³/mol. The zero-order valence-electron chi connectivity index (χ0n) is 11.4. The first-order valence-corrected chi connectivity index (χ1v) is 6.87. The number of aliphatic hydroxyl groups is 1. The van der Waals surface area contributed by atoms with Crippen LogP contribution in [0.3, 0.4) is 0 Å². The molecule has 0 bridgehead atoms. The molecule has 1 N–H and O–H groups in total. The van der Waals surface area contributed by atoms with Crippen molar-refractivity contribution in [2.24, 2.45) is 11.3 Å². The van der Waals surface area contributed by atoms with Gasteiger partial charge in [0.05, 0.1) is 17.3 Å². The van der Waals surface area contributed by atoms with Crippen molar-refractivity contribution in [2.45, 2.75) is 70.7 Å². The lowest BCUT2D eigenvalue weighted by Gasteiger charge is -2.45. The summed E-state index contributed by atoms with van der Waals surface area (Å²) >= 11 is 0. The highest BCUT2D eigenvalue weighted by molar-refractivity contribution is 5.26. The number of allylic oxidation sites excluding steroid dienone is 1. The summed E-state index contributed by atoms with van der Waals surface area (Å²) in [7, 11) is 0. The van der Waals surface area contributed by atoms with Gasteiger partial charge < -0.3 is 9.84 Å². The Bertz CT molecular complexity index is 380. The topological polar surface area (TPSA) is 29.5 Å². The molecule has 2 nitrogen and oxygen atoms in total. The van der Waals surface area contributed by atoms with Crippen molar-refractivity contribution in [3.63, 3.8) is 0 Å². The molecule has 0 radical (unpaired) electrons. The zero-order valence-corrected chi connectivity index (χ0v) is 11.4. The number of ether oxygens (including phenoxy) is 1. The minimum Gasteiger partial charge on any atom is -0.389 e. The van der Waals surface area contributed by atoms with Crippen LogP contribution >= 0.6 is 0 Å². The second-order valence-corrected chi connectivity index (χ2v) is 7.06. The lowest BCUT2D eigenvalue weighted by Crippen LogP contribution is -2.51. The molecule has 1 saturated heterocycles. The lowest BCUT2D eigenvalue weighted by molar-refractivity contribution is -0.0962. The lowest BCUT2D eigenvalue weighted by atomic mass is 9.60. The van der Waals surface area contributed by atoms with E-state index in [0.29, 0.717) is 5.92 Å². The number of hydrogen-bond acceptors (Lipinski definition) is 2. The summed E-state index contributed by atoms with van der Waals surface area (Å²) in [6.45, 7) is 8.60. The first-order chi connectivity index (χ1) is 7.80. The Hall–Kier alpha value is -0.340. The monoisotopic (exact) mass is 236 g/mol. The van der Waals surface area contributed by atoms with Crippen molar-refractivity contribution >= 4 is 0 Å². The van der Waals surface area contributed by atoms with E-state index in [1.807, 2.05) is 6.92 Å². The van der Waals surface area contributed by atoms with Crippen LogP contribution in [0.25, 0.3) is 0 Å². The molecule has 3 rings (SSSR count). The van der Waals surface area contributed by atoms with Gasteiger partial charge in [0.2, 0.25) is 0 Å². The fourth-order valence-electron chi connectivity index (χ4n) is 4.79. The first kappa shape index (κ1) is 11.7. The van der Waals surface area contributed by atoms with Crippen LogP contribution < -0.4 is 0 Å². The van der Waals surface area contributed by atoms with Crippen LogP contribution in [-0.2, 0) is 4.74 Å². The third kappa shape index (κ3) is 1.29. The van der Waals surface area contributed by atoms with Gasteiger partial charge in [-0.3, -0.25) is 0 Å². The number of rotatable bonds is 0. The highest BCUT2D eigenvalue weighted by Gasteiger charge is 2.69. The summed E-state index contributed by atoms with van der Waals surface area (Å²) in [5, 5.41) is 10.9. The Balaban J connectivity index is 2.12. The maximum atomic E-state index is 10.9. The Morgan fingerprint density at radius 1 is 1.29 bits per heavy atom. The van der Waals surface area contributed by atoms with E-state index >= 15 is 0 Å². The molecule has 2 aliphatic carbocycles. The molecule has 1 saturated carbocycles. The van der Waals surface area contributed by atoms with Gasteiger partial charge in [0.15, 0.2) is 0 Å². The van der Waals surface area contributed by atoms with Crippen LogP contribution in [0.1, 0.15) is 53.4 Å². The van der Waals surface area contributed by atoms with E-state index in [4.69, 9.17) is 4.74 Å². The van der Waals surface area contributed by atoms with E-state index in [9.17, 15) is 5.11 Å². The molecule has 0 aromatic rings. The van der Waals surface area contributed by atoms with E-state index < -0.39 is 5.60 Å². The minimum atomic E-state index is -0.562. The first-order valence-electron chi connectivity index (χ1n) is 6.87. The standard InChI is InChI=1S/C15H24O2/c1-10-5-8-15-11(6-7-14(15,4)16)13(2,3)17-12(15)9-10/h9,11-12,16H,5-8H2,1-4H3/t11-,12+,14+,15-/m0/s1. The average molecular weight is 236 g/mol. The summed E-state index contributed by atoms with van der Waals surface area (Å²) in [5.41, 5.74) is 0.732. The SMILES string of the molecule is CC1=C[C@H]2OC(C)(C)[C@@H]3CC[C@@](C)(O)[C@]23CC1. The van der Waals surface area contributed by atoms with Crippen LogP contribution in [0.2, 0.25) is 0 Å². The third-order valence-corrected chi connectivity index (χ3v) is 5.69. The van der Waals surface area contributed by atoms with Gasteiger partial charge in [0.25, 0.3) is 0 Å². The molecule has 0 amide bonds. The predicted octanol–water partition coefficient (Wildman–Crippen LogP) is 3.05. The van der Waals surface area contributed by atoms with E-state index in [2.05, 4.69) is 26.8 Å². The molecule has 0 aromatic heterocycles. The van der Waals surface area contributed by atoms with Crippen molar-refractivity contribution in [3.8, 4) is 0 Å². The van der Waals surface area contributed by atoms with Crippen molar-refractivity contribution in [2.75, 3.05) is 0 Å². The molecule has 0 unspecified atom stereocenters. The van der Waals surface area contributed by atoms with Gasteiger partial charge in [0, 0.05) is 5.41 Å². The molecule has 1 spiro atoms. The van der Waals surface area contributed by atoms with Crippen molar-refractivity contribution in [1.82, 2.24) is 0 Å². The van der Waals surface area contributed by atoms with E-state index in [0.717, 1.165) is 25.7 Å². The minimum absolute atomic E-state index is 0.0317. The van der Waals surface area contributed by atoms with Crippen LogP contribution in [0.15, 0.2) is 11.6 Å². The molecule has 17 heavy (non-hydrogen) atoms. The molecule has 0 aromatic carbocycles. The second kappa shape index (κ2) is 3.16. The van der Waals surface area contributed by atoms with Crippen LogP contribution in [-0.4, -0.2) is 22.4 Å². The van der Waals surface area contributed by atoms with Gasteiger partial charge in [0.1, 0.15) is 0 Å². The van der Waals surface area contributed by atoms with Gasteiger partial charge in [-0.05, 0) is 59.3 Å². The van der Waals surface area contributed by atoms with Crippen molar-refractivity contribution in [1.29, 1.82) is 0 Å². The summed E-state index contributed by atoms with van der Waals surface area (Å²) in [6.07, 6.45) is 6.61. The maximum Gasteiger partial charge on any atom is 0.0853 e. The van der Waals surface area contributed by atoms with Crippen LogP contribution in [0.5, 0.6) is 0 Å². The second-order valence-electron chi connectivity index (χ2n) is 7.06. The van der Waals surface area contributed by atoms with Crippen molar-refractivity contribution in [3.05, 3.63) is 11.6 Å². The van der Waals surface area contributed by atoms with Gasteiger partial charge in [-0.25, -0.2) is 0 Å². The Labute approximate surface area is 104 Å². The molecule has 1 heterocycles. The molecule has 2 fully saturated rings. The normalized spacial score (nSPS) is 51.9. The third-order valence-electron chi connectivity index (χ3n) is 5.69. The van der Waals surface area contributed by atoms with Crippen molar-refractivity contribution < 1.29 is 9.84 Å². The van der Waals surface area contributed by atoms with Gasteiger partial charge in [-0.2, -0.15) is 0 Å². The van der Waals surface area contributed by atoms with Gasteiger partial charge >= 0.3 is 0 Å². The quantitative estimate of drug-likeness (QED) is 0.655. The maximum absolute atomic E-state index is 10.9. The highest BCUT2D eigenvalue weighted by Crippen LogP contribution is 2.66. The summed E-state index contributed by atoms with van der Waals surface area (Å²) in [5.74, 6) is 0.499. The zero-order chi connectivity index (χ0) is 12.5. The highest BCUT2D eigenvalue weighted by atomic mass is 16.5. The summed E-state index contributed by atoms with van der Waals surface area (Å²) in [6, 6.07) is 0. The largest absolute Gasteiger partial charge is 0.389 e. The molecule has 3 aliphatic rings. The van der Waals surface area contributed by atoms with Gasteiger partial charge in [-0.1, -0.05) is 11.6 Å². The fraction of sp³-hybridized carbons (Fsp3) is 0.867. The number of hydrogen-bond donors (Lipinski definition) is 1. The van der Waals surface area contributed by atoms with Gasteiger partial charge in [-0.15, -0.1) is 0 Å². The molecule has 1 aliphatic heterocycles. The smallest absolute Gasteiger partial charge is 0.0853 e. The van der Waals surface area contributed by atoms with E-state index in [1.54, 1.807) is 0 Å². The molecule has 2 heteroatoms. The molecule has 96 valence electrons. The molecular weight excluding hydrogens is 212 g/mol. The Morgan fingerprint density at radius 2 is 2.00 bits per heavy atom. The fourth-order valence-corrected chi connectivity index (χ4v) is 4.79. The van der Waals surface area contributed by atoms with E-state index in [1.165, 1.54) is 5.57 Å². The summed E-state index contributed by atoms with van der Waals surface area (Å²) in [4.78, 5) is 0. The summed E-state index contributed by atoms with van der Waals surface area (Å²) < 4.78 is 6.28. The molecular formula is C15H24O2. The van der Waals surface area contributed by atoms with E-state index in [-0.39, 0.29) is 17.1 Å².